The van der Waals surface area contributed by atoms with Crippen LogP contribution >= 0.6 is 11.8 Å². The molecule has 0 saturated carbocycles. The Kier molecular flexibility index (Phi) is 18.7. The van der Waals surface area contributed by atoms with E-state index in [9.17, 15) is 9.59 Å². The van der Waals surface area contributed by atoms with Crippen molar-refractivity contribution in [2.75, 3.05) is 38.6 Å². The van der Waals surface area contributed by atoms with Gasteiger partial charge in [0.15, 0.2) is 0 Å². The summed E-state index contributed by atoms with van der Waals surface area (Å²) in [5, 5.41) is 0. The number of hydrogen-bond acceptors (Lipinski definition) is 6. The molecule has 2 unspecified atom stereocenters. The maximum atomic E-state index is 11.2. The van der Waals surface area contributed by atoms with E-state index in [2.05, 4.69) is 0 Å². The molecular formula is C16H33NO5S. The summed E-state index contributed by atoms with van der Waals surface area (Å²) in [6.07, 6.45) is 3.67. The van der Waals surface area contributed by atoms with Gasteiger partial charge in [-0.05, 0) is 19.1 Å². The third-order valence-electron chi connectivity index (χ3n) is 3.18. The monoisotopic (exact) mass is 351 g/mol. The molecule has 0 heterocycles. The van der Waals surface area contributed by atoms with Gasteiger partial charge in [0, 0.05) is 11.7 Å². The van der Waals surface area contributed by atoms with Crippen molar-refractivity contribution in [3.05, 3.63) is 0 Å². The molecule has 0 aliphatic heterocycles. The zero-order valence-corrected chi connectivity index (χ0v) is 15.9. The van der Waals surface area contributed by atoms with E-state index in [1.807, 2.05) is 34.0 Å². The Morgan fingerprint density at radius 2 is 1.57 bits per heavy atom. The van der Waals surface area contributed by atoms with E-state index < -0.39 is 0 Å². The second kappa shape index (κ2) is 17.6. The molecule has 0 fully saturated rings. The molecule has 0 aromatic rings. The van der Waals surface area contributed by atoms with Gasteiger partial charge in [-0.25, -0.2) is 0 Å². The first kappa shape index (κ1) is 24.5. The van der Waals surface area contributed by atoms with Crippen LogP contribution in [0, 0.1) is 11.8 Å². The van der Waals surface area contributed by atoms with Crippen molar-refractivity contribution in [1.29, 1.82) is 0 Å². The standard InChI is InChI=1S/C11H22O4S.C5H11NO/c1-4-10(2)11(12)15-6-5-13-9-14-7-8-16-3;1-3-4(2)5(6)7/h10H,4-9H2,1-3H3;4H,3H2,1-2H3,(H2,6,7). The lowest BCUT2D eigenvalue weighted by Crippen LogP contribution is -2.19. The topological polar surface area (TPSA) is 87.8 Å². The minimum Gasteiger partial charge on any atom is -0.463 e. The lowest BCUT2D eigenvalue weighted by Gasteiger charge is -2.09. The number of carbonyl (C=O) groups excluding carboxylic acids is 2. The predicted octanol–water partition coefficient (Wildman–Crippen LogP) is 2.45. The summed E-state index contributed by atoms with van der Waals surface area (Å²) in [5.74, 6) is 0.613. The number of carbonyl (C=O) groups is 2. The quantitative estimate of drug-likeness (QED) is 0.330. The average molecular weight is 352 g/mol. The Hall–Kier alpha value is -0.790. The average Bonchev–Trinajstić information content (AvgIpc) is 2.55. The van der Waals surface area contributed by atoms with E-state index in [1.54, 1.807) is 11.8 Å². The third-order valence-corrected chi connectivity index (χ3v) is 3.76. The highest BCUT2D eigenvalue weighted by Gasteiger charge is 2.10. The van der Waals surface area contributed by atoms with Gasteiger partial charge in [-0.2, -0.15) is 11.8 Å². The van der Waals surface area contributed by atoms with Gasteiger partial charge in [-0.15, -0.1) is 0 Å². The van der Waals surface area contributed by atoms with Gasteiger partial charge in [0.1, 0.15) is 13.4 Å². The Bertz CT molecular complexity index is 302. The molecule has 0 bridgehead atoms. The Morgan fingerprint density at radius 1 is 1.00 bits per heavy atom. The molecule has 138 valence electrons. The lowest BCUT2D eigenvalue weighted by atomic mass is 10.1. The van der Waals surface area contributed by atoms with Crippen LogP contribution in [0.5, 0.6) is 0 Å². The largest absolute Gasteiger partial charge is 0.463 e. The summed E-state index contributed by atoms with van der Waals surface area (Å²) < 4.78 is 15.3. The molecule has 0 aliphatic rings. The number of thioether (sulfide) groups is 1. The molecule has 0 rings (SSSR count). The molecule has 0 saturated heterocycles. The molecule has 2 atom stereocenters. The van der Waals surface area contributed by atoms with Crippen LogP contribution in [-0.4, -0.2) is 50.5 Å². The van der Waals surface area contributed by atoms with Gasteiger partial charge >= 0.3 is 5.97 Å². The third kappa shape index (κ3) is 17.4. The molecule has 23 heavy (non-hydrogen) atoms. The van der Waals surface area contributed by atoms with Crippen molar-refractivity contribution in [1.82, 2.24) is 0 Å². The van der Waals surface area contributed by atoms with E-state index >= 15 is 0 Å². The lowest BCUT2D eigenvalue weighted by molar-refractivity contribution is -0.151. The van der Waals surface area contributed by atoms with Gasteiger partial charge in [0.05, 0.1) is 19.1 Å². The second-order valence-electron chi connectivity index (χ2n) is 5.12. The fourth-order valence-corrected chi connectivity index (χ4v) is 1.31. The fraction of sp³-hybridized carbons (Fsp3) is 0.875. The van der Waals surface area contributed by atoms with E-state index in [0.717, 1.165) is 18.6 Å². The summed E-state index contributed by atoms with van der Waals surface area (Å²) >= 11 is 1.73. The molecule has 0 aliphatic carbocycles. The summed E-state index contributed by atoms with van der Waals surface area (Å²) in [5.41, 5.74) is 4.91. The van der Waals surface area contributed by atoms with Gasteiger partial charge < -0.3 is 19.9 Å². The molecule has 2 N–H and O–H groups in total. The minimum absolute atomic E-state index is 0.0298. The zero-order valence-electron chi connectivity index (χ0n) is 15.1. The summed E-state index contributed by atoms with van der Waals surface area (Å²) in [6.45, 7) is 9.22. The SMILES string of the molecule is CCC(C)C(=O)OCCOCOCCSC.CCC(C)C(N)=O. The second-order valence-corrected chi connectivity index (χ2v) is 6.10. The van der Waals surface area contributed by atoms with Crippen molar-refractivity contribution in [3.8, 4) is 0 Å². The number of esters is 1. The van der Waals surface area contributed by atoms with Gasteiger partial charge in [0.25, 0.3) is 0 Å². The van der Waals surface area contributed by atoms with Crippen LogP contribution in [0.1, 0.15) is 40.5 Å². The number of amides is 1. The van der Waals surface area contributed by atoms with Crippen LogP contribution < -0.4 is 5.73 Å². The molecule has 0 spiro atoms. The molecular weight excluding hydrogens is 318 g/mol. The van der Waals surface area contributed by atoms with Gasteiger partial charge in [-0.3, -0.25) is 9.59 Å². The first-order valence-electron chi connectivity index (χ1n) is 8.00. The molecule has 1 amide bonds. The van der Waals surface area contributed by atoms with Crippen molar-refractivity contribution < 1.29 is 23.8 Å². The van der Waals surface area contributed by atoms with Crippen LogP contribution in [0.3, 0.4) is 0 Å². The van der Waals surface area contributed by atoms with Crippen LogP contribution in [0.2, 0.25) is 0 Å². The van der Waals surface area contributed by atoms with Crippen molar-refractivity contribution in [3.63, 3.8) is 0 Å². The minimum atomic E-state index is -0.206. The van der Waals surface area contributed by atoms with Crippen LogP contribution in [0.4, 0.5) is 0 Å². The van der Waals surface area contributed by atoms with Crippen LogP contribution in [-0.2, 0) is 23.8 Å². The Balaban J connectivity index is 0. The number of hydrogen-bond donors (Lipinski definition) is 1. The zero-order chi connectivity index (χ0) is 18.1. The van der Waals surface area contributed by atoms with Crippen molar-refractivity contribution >= 4 is 23.6 Å². The van der Waals surface area contributed by atoms with Crippen molar-refractivity contribution in [2.24, 2.45) is 17.6 Å². The summed E-state index contributed by atoms with van der Waals surface area (Å²) in [6, 6.07) is 0. The summed E-state index contributed by atoms with van der Waals surface area (Å²) in [7, 11) is 0. The van der Waals surface area contributed by atoms with Crippen LogP contribution in [0.15, 0.2) is 0 Å². The highest BCUT2D eigenvalue weighted by molar-refractivity contribution is 7.98. The van der Waals surface area contributed by atoms with E-state index in [4.69, 9.17) is 19.9 Å². The molecule has 0 radical (unpaired) electrons. The normalized spacial score (nSPS) is 12.7. The smallest absolute Gasteiger partial charge is 0.308 e. The Morgan fingerprint density at radius 3 is 2.00 bits per heavy atom. The maximum absolute atomic E-state index is 11.2. The highest BCUT2D eigenvalue weighted by Crippen LogP contribution is 2.02. The number of ether oxygens (including phenoxy) is 3. The van der Waals surface area contributed by atoms with E-state index in [1.165, 1.54) is 0 Å². The fourth-order valence-electron chi connectivity index (χ4n) is 1.03. The maximum Gasteiger partial charge on any atom is 0.308 e. The number of rotatable bonds is 12. The van der Waals surface area contributed by atoms with E-state index in [0.29, 0.717) is 19.8 Å². The Labute approximate surface area is 144 Å². The summed E-state index contributed by atoms with van der Waals surface area (Å²) in [4.78, 5) is 21.4. The highest BCUT2D eigenvalue weighted by atomic mass is 32.2. The first-order valence-corrected chi connectivity index (χ1v) is 9.40. The van der Waals surface area contributed by atoms with Crippen LogP contribution in [0.25, 0.3) is 0 Å². The molecule has 0 aromatic carbocycles. The molecule has 6 nitrogen and oxygen atoms in total. The van der Waals surface area contributed by atoms with Gasteiger partial charge in [-0.1, -0.05) is 27.7 Å². The van der Waals surface area contributed by atoms with Gasteiger partial charge in [0.2, 0.25) is 5.91 Å². The van der Waals surface area contributed by atoms with Crippen molar-refractivity contribution in [2.45, 2.75) is 40.5 Å². The number of nitrogens with two attached hydrogens (primary N) is 1. The molecule has 7 heteroatoms. The molecule has 0 aromatic heterocycles. The predicted molar refractivity (Wildman–Crippen MR) is 94.2 cm³/mol. The van der Waals surface area contributed by atoms with E-state index in [-0.39, 0.29) is 30.5 Å². The first-order chi connectivity index (χ1) is 10.9. The number of primary amides is 1.